The minimum Gasteiger partial charge on any atom is -0.496 e. The Morgan fingerprint density at radius 1 is 1.24 bits per heavy atom. The van der Waals surface area contributed by atoms with Crippen molar-refractivity contribution in [3.8, 4) is 5.75 Å². The largest absolute Gasteiger partial charge is 0.496 e. The van der Waals surface area contributed by atoms with Crippen LogP contribution in [0.2, 0.25) is 0 Å². The summed E-state index contributed by atoms with van der Waals surface area (Å²) in [5, 5.41) is 1.08. The first-order chi connectivity index (χ1) is 10.2. The van der Waals surface area contributed by atoms with Crippen molar-refractivity contribution in [2.24, 2.45) is 0 Å². The summed E-state index contributed by atoms with van der Waals surface area (Å²) in [7, 11) is 1.71. The normalized spacial score (nSPS) is 12.5. The Bertz CT molecular complexity index is 764. The number of methoxy groups -OCH3 is 1. The van der Waals surface area contributed by atoms with Crippen LogP contribution in [-0.4, -0.2) is 21.6 Å². The molecule has 0 amide bonds. The summed E-state index contributed by atoms with van der Waals surface area (Å²) < 4.78 is 7.64. The van der Waals surface area contributed by atoms with Gasteiger partial charge >= 0.3 is 0 Å². The van der Waals surface area contributed by atoms with Crippen molar-refractivity contribution in [1.29, 1.82) is 0 Å². The molecule has 3 aromatic rings. The fourth-order valence-electron chi connectivity index (χ4n) is 2.67. The summed E-state index contributed by atoms with van der Waals surface area (Å²) in [4.78, 5) is 8.81. The molecule has 3 rings (SSSR count). The standard InChI is InChI=1S/C17H19N3O/c1-12(10-14-6-4-5-7-16(14)21-3)20-9-8-15-11-18-13(2)19-17(15)20/h4-9,11-12H,10H2,1-3H3. The van der Waals surface area contributed by atoms with E-state index >= 15 is 0 Å². The summed E-state index contributed by atoms with van der Waals surface area (Å²) >= 11 is 0. The molecule has 4 heteroatoms. The van der Waals surface area contributed by atoms with Crippen LogP contribution in [0, 0.1) is 6.92 Å². The average Bonchev–Trinajstić information content (AvgIpc) is 2.90. The van der Waals surface area contributed by atoms with Gasteiger partial charge in [0.1, 0.15) is 17.2 Å². The van der Waals surface area contributed by atoms with E-state index in [9.17, 15) is 0 Å². The topological polar surface area (TPSA) is 39.9 Å². The maximum atomic E-state index is 5.44. The molecule has 2 aromatic heterocycles. The molecule has 108 valence electrons. The molecule has 0 aliphatic carbocycles. The lowest BCUT2D eigenvalue weighted by molar-refractivity contribution is 0.405. The highest BCUT2D eigenvalue weighted by atomic mass is 16.5. The second kappa shape index (κ2) is 5.56. The molecule has 4 nitrogen and oxygen atoms in total. The fourth-order valence-corrected chi connectivity index (χ4v) is 2.67. The zero-order valence-electron chi connectivity index (χ0n) is 12.6. The highest BCUT2D eigenvalue weighted by molar-refractivity contribution is 5.75. The first kappa shape index (κ1) is 13.6. The van der Waals surface area contributed by atoms with Crippen molar-refractivity contribution in [1.82, 2.24) is 14.5 Å². The molecule has 1 aromatic carbocycles. The van der Waals surface area contributed by atoms with Crippen molar-refractivity contribution in [2.45, 2.75) is 26.3 Å². The van der Waals surface area contributed by atoms with E-state index in [-0.39, 0.29) is 0 Å². The number of hydrogen-bond acceptors (Lipinski definition) is 3. The Balaban J connectivity index is 1.93. The van der Waals surface area contributed by atoms with Crippen LogP contribution in [0.3, 0.4) is 0 Å². The average molecular weight is 281 g/mol. The molecule has 0 bridgehead atoms. The zero-order chi connectivity index (χ0) is 14.8. The third kappa shape index (κ3) is 2.61. The number of aryl methyl sites for hydroxylation is 1. The van der Waals surface area contributed by atoms with Crippen LogP contribution in [0.25, 0.3) is 11.0 Å². The maximum Gasteiger partial charge on any atom is 0.143 e. The van der Waals surface area contributed by atoms with Crippen LogP contribution in [0.5, 0.6) is 5.75 Å². The molecule has 0 saturated heterocycles. The summed E-state index contributed by atoms with van der Waals surface area (Å²) in [5.74, 6) is 1.73. The fraction of sp³-hybridized carbons (Fsp3) is 0.294. The summed E-state index contributed by atoms with van der Waals surface area (Å²) in [6.45, 7) is 4.12. The number of fused-ring (bicyclic) bond motifs is 1. The van der Waals surface area contributed by atoms with E-state index in [0.29, 0.717) is 6.04 Å². The molecule has 0 aliphatic rings. The quantitative estimate of drug-likeness (QED) is 0.734. The molecule has 2 heterocycles. The summed E-state index contributed by atoms with van der Waals surface area (Å²) in [6, 6.07) is 10.5. The Morgan fingerprint density at radius 3 is 2.86 bits per heavy atom. The van der Waals surface area contributed by atoms with Gasteiger partial charge in [0.2, 0.25) is 0 Å². The van der Waals surface area contributed by atoms with Gasteiger partial charge in [-0.25, -0.2) is 9.97 Å². The molecule has 1 unspecified atom stereocenters. The predicted octanol–water partition coefficient (Wildman–Crippen LogP) is 3.55. The Hall–Kier alpha value is -2.36. The number of para-hydroxylation sites is 1. The molecule has 0 aliphatic heterocycles. The van der Waals surface area contributed by atoms with Crippen LogP contribution >= 0.6 is 0 Å². The molecule has 0 radical (unpaired) electrons. The lowest BCUT2D eigenvalue weighted by atomic mass is 10.1. The highest BCUT2D eigenvalue weighted by Crippen LogP contribution is 2.25. The lowest BCUT2D eigenvalue weighted by Crippen LogP contribution is -2.09. The van der Waals surface area contributed by atoms with E-state index in [2.05, 4.69) is 39.8 Å². The Kier molecular flexibility index (Phi) is 3.60. The van der Waals surface area contributed by atoms with Gasteiger partial charge in [-0.1, -0.05) is 18.2 Å². The van der Waals surface area contributed by atoms with Gasteiger partial charge in [-0.3, -0.25) is 0 Å². The van der Waals surface area contributed by atoms with E-state index < -0.39 is 0 Å². The van der Waals surface area contributed by atoms with Gasteiger partial charge in [-0.05, 0) is 38.0 Å². The molecule has 1 atom stereocenters. The van der Waals surface area contributed by atoms with Gasteiger partial charge in [0.15, 0.2) is 0 Å². The van der Waals surface area contributed by atoms with Crippen molar-refractivity contribution in [2.75, 3.05) is 7.11 Å². The molecule has 0 spiro atoms. The van der Waals surface area contributed by atoms with E-state index in [1.807, 2.05) is 31.3 Å². The third-order valence-corrected chi connectivity index (χ3v) is 3.76. The molecule has 0 fully saturated rings. The van der Waals surface area contributed by atoms with Gasteiger partial charge < -0.3 is 9.30 Å². The van der Waals surface area contributed by atoms with E-state index in [1.54, 1.807) is 7.11 Å². The molecule has 0 N–H and O–H groups in total. The number of aromatic nitrogens is 3. The van der Waals surface area contributed by atoms with Crippen LogP contribution in [-0.2, 0) is 6.42 Å². The highest BCUT2D eigenvalue weighted by Gasteiger charge is 2.13. The summed E-state index contributed by atoms with van der Waals surface area (Å²) in [6.07, 6.45) is 4.86. The first-order valence-corrected chi connectivity index (χ1v) is 7.11. The molecular formula is C17H19N3O. The lowest BCUT2D eigenvalue weighted by Gasteiger charge is -2.16. The minimum atomic E-state index is 0.299. The number of rotatable bonds is 4. The van der Waals surface area contributed by atoms with Crippen LogP contribution in [0.1, 0.15) is 24.4 Å². The van der Waals surface area contributed by atoms with Gasteiger partial charge in [-0.15, -0.1) is 0 Å². The third-order valence-electron chi connectivity index (χ3n) is 3.76. The smallest absolute Gasteiger partial charge is 0.143 e. The van der Waals surface area contributed by atoms with E-state index in [0.717, 1.165) is 29.0 Å². The Morgan fingerprint density at radius 2 is 2.05 bits per heavy atom. The van der Waals surface area contributed by atoms with Crippen LogP contribution < -0.4 is 4.74 Å². The molecular weight excluding hydrogens is 262 g/mol. The summed E-state index contributed by atoms with van der Waals surface area (Å²) in [5.41, 5.74) is 2.20. The maximum absolute atomic E-state index is 5.44. The number of nitrogens with zero attached hydrogens (tertiary/aromatic N) is 3. The van der Waals surface area contributed by atoms with Gasteiger partial charge in [0, 0.05) is 23.8 Å². The van der Waals surface area contributed by atoms with Crippen molar-refractivity contribution in [3.63, 3.8) is 0 Å². The predicted molar refractivity (Wildman–Crippen MR) is 83.7 cm³/mol. The Labute approximate surface area is 124 Å². The zero-order valence-corrected chi connectivity index (χ0v) is 12.6. The van der Waals surface area contributed by atoms with Gasteiger partial charge in [0.05, 0.1) is 7.11 Å². The van der Waals surface area contributed by atoms with Crippen molar-refractivity contribution in [3.05, 3.63) is 54.1 Å². The van der Waals surface area contributed by atoms with Gasteiger partial charge in [-0.2, -0.15) is 0 Å². The van der Waals surface area contributed by atoms with E-state index in [4.69, 9.17) is 4.74 Å². The number of hydrogen-bond donors (Lipinski definition) is 0. The van der Waals surface area contributed by atoms with Gasteiger partial charge in [0.25, 0.3) is 0 Å². The van der Waals surface area contributed by atoms with Crippen LogP contribution in [0.15, 0.2) is 42.7 Å². The monoisotopic (exact) mass is 281 g/mol. The second-order valence-electron chi connectivity index (χ2n) is 5.28. The first-order valence-electron chi connectivity index (χ1n) is 7.11. The molecule has 21 heavy (non-hydrogen) atoms. The van der Waals surface area contributed by atoms with Crippen LogP contribution in [0.4, 0.5) is 0 Å². The number of ether oxygens (including phenoxy) is 1. The second-order valence-corrected chi connectivity index (χ2v) is 5.28. The van der Waals surface area contributed by atoms with E-state index in [1.165, 1.54) is 5.56 Å². The van der Waals surface area contributed by atoms with Crippen molar-refractivity contribution < 1.29 is 4.74 Å². The minimum absolute atomic E-state index is 0.299. The molecule has 0 saturated carbocycles. The SMILES string of the molecule is COc1ccccc1CC(C)n1ccc2cnc(C)nc21. The number of benzene rings is 1. The van der Waals surface area contributed by atoms with Crippen molar-refractivity contribution >= 4 is 11.0 Å².